The molecule has 1 aromatic carbocycles. The summed E-state index contributed by atoms with van der Waals surface area (Å²) >= 11 is 1.45. The van der Waals surface area contributed by atoms with Crippen molar-refractivity contribution in [1.29, 1.82) is 0 Å². The number of hydrogen-bond donors (Lipinski definition) is 0. The molecule has 2 aromatic heterocycles. The Morgan fingerprint density at radius 1 is 1.27 bits per heavy atom. The Labute approximate surface area is 157 Å². The second-order valence-corrected chi connectivity index (χ2v) is 7.27. The molecule has 0 bridgehead atoms. The van der Waals surface area contributed by atoms with E-state index in [1.165, 1.54) is 11.3 Å². The molecule has 0 saturated carbocycles. The van der Waals surface area contributed by atoms with Gasteiger partial charge in [-0.25, -0.2) is 0 Å². The van der Waals surface area contributed by atoms with Crippen LogP contribution in [0.4, 0.5) is 0 Å². The Bertz CT molecular complexity index is 899. The van der Waals surface area contributed by atoms with Gasteiger partial charge in [-0.05, 0) is 37.4 Å². The Kier molecular flexibility index (Phi) is 5.42. The van der Waals surface area contributed by atoms with Gasteiger partial charge in [0.05, 0.1) is 10.6 Å². The van der Waals surface area contributed by atoms with Crippen molar-refractivity contribution < 1.29 is 9.53 Å². The van der Waals surface area contributed by atoms with Crippen LogP contribution in [-0.2, 0) is 20.2 Å². The highest BCUT2D eigenvalue weighted by Crippen LogP contribution is 2.21. The smallest absolute Gasteiger partial charge is 0.263 e. The van der Waals surface area contributed by atoms with Crippen LogP contribution in [0, 0.1) is 13.8 Å². The number of carbonyl (C=O) groups excluding carboxylic acids is 1. The zero-order valence-corrected chi connectivity index (χ0v) is 16.3. The number of rotatable bonds is 6. The highest BCUT2D eigenvalue weighted by Gasteiger charge is 2.18. The third kappa shape index (κ3) is 3.96. The molecule has 2 heterocycles. The molecule has 5 nitrogen and oxygen atoms in total. The van der Waals surface area contributed by atoms with Gasteiger partial charge in [0.2, 0.25) is 0 Å². The first-order valence-corrected chi connectivity index (χ1v) is 9.33. The number of hydrogen-bond acceptors (Lipinski definition) is 4. The van der Waals surface area contributed by atoms with Crippen molar-refractivity contribution >= 4 is 17.2 Å². The number of thiophene rings is 1. The minimum Gasteiger partial charge on any atom is -0.489 e. The lowest BCUT2D eigenvalue weighted by Gasteiger charge is -2.16. The SMILES string of the molecule is Cc1nn(C)c(C)c1CN(C)C(=O)c1cc(COc2ccccc2)cs1. The summed E-state index contributed by atoms with van der Waals surface area (Å²) in [6.45, 7) is 5.01. The Hall–Kier alpha value is -2.60. The molecule has 3 rings (SSSR count). The summed E-state index contributed by atoms with van der Waals surface area (Å²) in [4.78, 5) is 15.2. The lowest BCUT2D eigenvalue weighted by molar-refractivity contribution is 0.0789. The molecule has 0 radical (unpaired) electrons. The van der Waals surface area contributed by atoms with E-state index in [4.69, 9.17) is 4.74 Å². The topological polar surface area (TPSA) is 47.4 Å². The van der Waals surface area contributed by atoms with Crippen molar-refractivity contribution in [2.45, 2.75) is 27.0 Å². The van der Waals surface area contributed by atoms with E-state index in [0.717, 1.165) is 33.1 Å². The van der Waals surface area contributed by atoms with Crippen LogP contribution in [0.5, 0.6) is 5.75 Å². The molecule has 0 saturated heterocycles. The van der Waals surface area contributed by atoms with Gasteiger partial charge in [0, 0.05) is 37.5 Å². The van der Waals surface area contributed by atoms with Gasteiger partial charge < -0.3 is 9.64 Å². The van der Waals surface area contributed by atoms with E-state index >= 15 is 0 Å². The average molecular weight is 369 g/mol. The minimum absolute atomic E-state index is 0.0172. The van der Waals surface area contributed by atoms with Crippen molar-refractivity contribution in [3.8, 4) is 5.75 Å². The fourth-order valence-corrected chi connectivity index (χ4v) is 3.68. The number of ether oxygens (including phenoxy) is 1. The predicted octanol–water partition coefficient (Wildman–Crippen LogP) is 3.95. The maximum atomic E-state index is 12.7. The molecule has 0 N–H and O–H groups in total. The van der Waals surface area contributed by atoms with Crippen LogP contribution in [0.3, 0.4) is 0 Å². The van der Waals surface area contributed by atoms with E-state index in [1.807, 2.05) is 74.4 Å². The van der Waals surface area contributed by atoms with E-state index in [0.29, 0.717) is 13.2 Å². The van der Waals surface area contributed by atoms with Crippen molar-refractivity contribution in [3.05, 3.63) is 69.2 Å². The first-order chi connectivity index (χ1) is 12.5. The zero-order valence-electron chi connectivity index (χ0n) is 15.5. The molecule has 0 aliphatic carbocycles. The molecule has 0 aliphatic rings. The van der Waals surface area contributed by atoms with Crippen LogP contribution in [0.15, 0.2) is 41.8 Å². The summed E-state index contributed by atoms with van der Waals surface area (Å²) in [5.41, 5.74) is 4.16. The standard InChI is InChI=1S/C20H23N3O2S/c1-14-18(15(2)23(4)21-14)11-22(3)20(24)19-10-16(13-26-19)12-25-17-8-6-5-7-9-17/h5-10,13H,11-12H2,1-4H3. The third-order valence-corrected chi connectivity index (χ3v) is 5.38. The minimum atomic E-state index is 0.0172. The van der Waals surface area contributed by atoms with Gasteiger partial charge in [0.25, 0.3) is 5.91 Å². The summed E-state index contributed by atoms with van der Waals surface area (Å²) in [7, 11) is 3.75. The van der Waals surface area contributed by atoms with Crippen LogP contribution in [-0.4, -0.2) is 27.6 Å². The van der Waals surface area contributed by atoms with Crippen LogP contribution in [0.1, 0.15) is 32.2 Å². The first-order valence-electron chi connectivity index (χ1n) is 8.45. The van der Waals surface area contributed by atoms with Crippen LogP contribution in [0.2, 0.25) is 0 Å². The average Bonchev–Trinajstić information content (AvgIpc) is 3.20. The summed E-state index contributed by atoms with van der Waals surface area (Å²) in [5.74, 6) is 0.842. The van der Waals surface area contributed by atoms with Crippen LogP contribution >= 0.6 is 11.3 Å². The second-order valence-electron chi connectivity index (χ2n) is 6.36. The number of amides is 1. The second kappa shape index (κ2) is 7.74. The highest BCUT2D eigenvalue weighted by atomic mass is 32.1. The van der Waals surface area contributed by atoms with Crippen LogP contribution in [0.25, 0.3) is 0 Å². The number of aromatic nitrogens is 2. The maximum absolute atomic E-state index is 12.7. The molecule has 0 aliphatic heterocycles. The van der Waals surface area contributed by atoms with E-state index in [1.54, 1.807) is 4.90 Å². The molecule has 6 heteroatoms. The van der Waals surface area contributed by atoms with Gasteiger partial charge in [-0.1, -0.05) is 18.2 Å². The molecule has 136 valence electrons. The van der Waals surface area contributed by atoms with Gasteiger partial charge >= 0.3 is 0 Å². The van der Waals surface area contributed by atoms with E-state index in [9.17, 15) is 4.79 Å². The molecule has 26 heavy (non-hydrogen) atoms. The summed E-state index contributed by atoms with van der Waals surface area (Å²) in [5, 5.41) is 6.39. The highest BCUT2D eigenvalue weighted by molar-refractivity contribution is 7.12. The fourth-order valence-electron chi connectivity index (χ4n) is 2.79. The van der Waals surface area contributed by atoms with Crippen molar-refractivity contribution in [2.24, 2.45) is 7.05 Å². The summed E-state index contributed by atoms with van der Waals surface area (Å²) in [6, 6.07) is 11.6. The monoisotopic (exact) mass is 369 g/mol. The number of nitrogens with zero attached hydrogens (tertiary/aromatic N) is 3. The number of carbonyl (C=O) groups is 1. The van der Waals surface area contributed by atoms with E-state index in [-0.39, 0.29) is 5.91 Å². The molecule has 0 atom stereocenters. The Balaban J connectivity index is 1.63. The first kappa shape index (κ1) is 18.2. The van der Waals surface area contributed by atoms with Crippen molar-refractivity contribution in [2.75, 3.05) is 7.05 Å². The quantitative estimate of drug-likeness (QED) is 0.661. The van der Waals surface area contributed by atoms with Gasteiger partial charge in [-0.2, -0.15) is 5.10 Å². The zero-order chi connectivity index (χ0) is 18.7. The van der Waals surface area contributed by atoms with Crippen molar-refractivity contribution in [1.82, 2.24) is 14.7 Å². The Morgan fingerprint density at radius 2 is 2.00 bits per heavy atom. The number of aryl methyl sites for hydroxylation is 2. The maximum Gasteiger partial charge on any atom is 0.263 e. The molecule has 0 spiro atoms. The molecule has 0 unspecified atom stereocenters. The lowest BCUT2D eigenvalue weighted by Crippen LogP contribution is -2.26. The number of para-hydroxylation sites is 1. The largest absolute Gasteiger partial charge is 0.489 e. The van der Waals surface area contributed by atoms with Gasteiger partial charge in [-0.3, -0.25) is 9.48 Å². The Morgan fingerprint density at radius 3 is 2.65 bits per heavy atom. The van der Waals surface area contributed by atoms with E-state index < -0.39 is 0 Å². The van der Waals surface area contributed by atoms with Gasteiger partial charge in [0.1, 0.15) is 12.4 Å². The van der Waals surface area contributed by atoms with E-state index in [2.05, 4.69) is 5.10 Å². The molecular weight excluding hydrogens is 346 g/mol. The van der Waals surface area contributed by atoms with Gasteiger partial charge in [0.15, 0.2) is 0 Å². The van der Waals surface area contributed by atoms with Crippen LogP contribution < -0.4 is 4.74 Å². The molecule has 3 aromatic rings. The van der Waals surface area contributed by atoms with Gasteiger partial charge in [-0.15, -0.1) is 11.3 Å². The molecule has 0 fully saturated rings. The predicted molar refractivity (Wildman–Crippen MR) is 104 cm³/mol. The molecular formula is C20H23N3O2S. The summed E-state index contributed by atoms with van der Waals surface area (Å²) in [6.07, 6.45) is 0. The fraction of sp³-hybridized carbons (Fsp3) is 0.300. The van der Waals surface area contributed by atoms with Crippen molar-refractivity contribution in [3.63, 3.8) is 0 Å². The molecule has 1 amide bonds. The third-order valence-electron chi connectivity index (χ3n) is 4.41. The lowest BCUT2D eigenvalue weighted by atomic mass is 10.2. The number of benzene rings is 1. The summed E-state index contributed by atoms with van der Waals surface area (Å²) < 4.78 is 7.60. The normalized spacial score (nSPS) is 10.8.